The average molecular weight is 306 g/mol. The van der Waals surface area contributed by atoms with Gasteiger partial charge in [0, 0.05) is 13.0 Å². The maximum Gasteiger partial charge on any atom is 0.219 e. The van der Waals surface area contributed by atoms with Crippen molar-refractivity contribution in [3.8, 4) is 0 Å². The highest BCUT2D eigenvalue weighted by atomic mass is 16.3. The van der Waals surface area contributed by atoms with Crippen LogP contribution in [0.3, 0.4) is 0 Å². The van der Waals surface area contributed by atoms with Crippen LogP contribution >= 0.6 is 0 Å². The maximum atomic E-state index is 11.4. The van der Waals surface area contributed by atoms with Crippen LogP contribution in [0.15, 0.2) is 0 Å². The first-order chi connectivity index (χ1) is 10.0. The fourth-order valence-electron chi connectivity index (χ4n) is 1.57. The van der Waals surface area contributed by atoms with Crippen molar-refractivity contribution in [1.82, 2.24) is 5.32 Å². The first kappa shape index (κ1) is 25.3. The predicted octanol–water partition coefficient (Wildman–Crippen LogP) is 3.54. The zero-order valence-electron chi connectivity index (χ0n) is 15.7. The van der Waals surface area contributed by atoms with Crippen LogP contribution in [0.1, 0.15) is 73.1 Å². The molecule has 0 fully saturated rings. The Labute approximate surface area is 133 Å². The lowest BCUT2D eigenvalue weighted by Gasteiger charge is -2.26. The molecule has 0 spiro atoms. The monoisotopic (exact) mass is 305 g/mol. The highest BCUT2D eigenvalue weighted by Crippen LogP contribution is 2.04. The fourth-order valence-corrected chi connectivity index (χ4v) is 1.57. The van der Waals surface area contributed by atoms with Crippen molar-refractivity contribution < 1.29 is 14.4 Å². The molecule has 0 unspecified atom stereocenters. The highest BCUT2D eigenvalue weighted by molar-refractivity contribution is 5.75. The number of amides is 1. The molecule has 0 aliphatic heterocycles. The number of rotatable bonds is 10. The lowest BCUT2D eigenvalue weighted by atomic mass is 10.1. The van der Waals surface area contributed by atoms with Crippen LogP contribution in [-0.2, 0) is 4.79 Å². The molecule has 0 aromatic carbocycles. The van der Waals surface area contributed by atoms with Gasteiger partial charge in [-0.1, -0.05) is 41.0 Å². The number of unbranched alkanes of at least 4 members (excludes halogenated alkanes) is 3. The molecular formula is C17H41N2O2+. The van der Waals surface area contributed by atoms with Gasteiger partial charge in [0.05, 0.1) is 20.6 Å². The molecule has 130 valence electrons. The van der Waals surface area contributed by atoms with Gasteiger partial charge in [0.25, 0.3) is 0 Å². The van der Waals surface area contributed by atoms with Crippen LogP contribution in [0.4, 0.5) is 0 Å². The number of nitrogens with zero attached hydrogens (tertiary/aromatic N) is 1. The minimum absolute atomic E-state index is 0.175. The summed E-state index contributed by atoms with van der Waals surface area (Å²) in [5, 5.41) is 12.0. The third-order valence-electron chi connectivity index (χ3n) is 2.90. The number of quaternary nitrogens is 1. The van der Waals surface area contributed by atoms with Crippen LogP contribution in [0, 0.1) is 0 Å². The van der Waals surface area contributed by atoms with Gasteiger partial charge in [-0.05, 0) is 25.7 Å². The summed E-state index contributed by atoms with van der Waals surface area (Å²) in [6, 6.07) is 0. The lowest BCUT2D eigenvalue weighted by Crippen LogP contribution is -2.41. The lowest BCUT2D eigenvalue weighted by molar-refractivity contribution is -0.909. The Kier molecular flexibility index (Phi) is 23.4. The van der Waals surface area contributed by atoms with Gasteiger partial charge in [-0.2, -0.15) is 0 Å². The second kappa shape index (κ2) is 19.4. The van der Waals surface area contributed by atoms with Crippen molar-refractivity contribution in [3.63, 3.8) is 0 Å². The maximum absolute atomic E-state index is 11.4. The number of hydrogen-bond acceptors (Lipinski definition) is 2. The quantitative estimate of drug-likeness (QED) is 0.368. The molecule has 4 nitrogen and oxygen atoms in total. The highest BCUT2D eigenvalue weighted by Gasteiger charge is 2.11. The molecule has 0 atom stereocenters. The Hall–Kier alpha value is -0.610. The number of nitrogens with one attached hydrogen (secondary N) is 1. The van der Waals surface area contributed by atoms with E-state index in [1.807, 2.05) is 41.8 Å². The molecule has 0 aliphatic rings. The van der Waals surface area contributed by atoms with Gasteiger partial charge in [0.2, 0.25) is 5.91 Å². The van der Waals surface area contributed by atoms with E-state index >= 15 is 0 Å². The molecule has 0 rings (SSSR count). The van der Waals surface area contributed by atoms with E-state index in [0.29, 0.717) is 10.9 Å². The Bertz CT molecular complexity index is 207. The molecular weight excluding hydrogens is 264 g/mol. The summed E-state index contributed by atoms with van der Waals surface area (Å²) in [4.78, 5) is 11.4. The predicted molar refractivity (Wildman–Crippen MR) is 93.1 cm³/mol. The molecule has 0 saturated carbocycles. The number of aliphatic hydroxyl groups excluding tert-OH is 1. The van der Waals surface area contributed by atoms with E-state index in [4.69, 9.17) is 5.11 Å². The van der Waals surface area contributed by atoms with Crippen molar-refractivity contribution in [2.24, 2.45) is 0 Å². The Balaban J connectivity index is -0.000000739. The number of hydrogen-bond donors (Lipinski definition) is 2. The standard InChI is InChI=1S/C13H28N2O2.2C2H6/c1-4-5-10-14-13(17)9-7-6-8-11-15(2,3)12-16;2*1-2/h16H,4-12H2,1-3H3;2*1-2H3/p+1. The molecule has 0 bridgehead atoms. The zero-order chi connectivity index (χ0) is 17.1. The van der Waals surface area contributed by atoms with Crippen LogP contribution in [0.2, 0.25) is 0 Å². The summed E-state index contributed by atoms with van der Waals surface area (Å²) in [6.45, 7) is 12.1. The van der Waals surface area contributed by atoms with Crippen molar-refractivity contribution in [2.75, 3.05) is 33.9 Å². The van der Waals surface area contributed by atoms with E-state index in [9.17, 15) is 4.79 Å². The van der Waals surface area contributed by atoms with Crippen LogP contribution in [-0.4, -0.2) is 49.4 Å². The molecule has 0 aromatic heterocycles. The SMILES string of the molecule is CC.CC.CCCCNC(=O)CCCCC[N+](C)(C)CO. The largest absolute Gasteiger partial charge is 0.356 e. The van der Waals surface area contributed by atoms with Gasteiger partial charge in [0.1, 0.15) is 0 Å². The van der Waals surface area contributed by atoms with E-state index in [0.717, 1.165) is 45.2 Å². The van der Waals surface area contributed by atoms with E-state index in [1.54, 1.807) is 0 Å². The normalized spacial score (nSPS) is 9.90. The molecule has 21 heavy (non-hydrogen) atoms. The Morgan fingerprint density at radius 3 is 2.05 bits per heavy atom. The molecule has 0 aromatic rings. The van der Waals surface area contributed by atoms with Crippen LogP contribution < -0.4 is 5.32 Å². The molecule has 0 saturated heterocycles. The van der Waals surface area contributed by atoms with Crippen LogP contribution in [0.25, 0.3) is 0 Å². The summed E-state index contributed by atoms with van der Waals surface area (Å²) in [6.07, 6.45) is 5.89. The first-order valence-corrected chi connectivity index (χ1v) is 8.71. The minimum atomic E-state index is 0.175. The van der Waals surface area contributed by atoms with Gasteiger partial charge < -0.3 is 14.9 Å². The number of aliphatic hydroxyl groups is 1. The molecule has 4 heteroatoms. The second-order valence-corrected chi connectivity index (χ2v) is 5.31. The molecule has 0 heterocycles. The summed E-state index contributed by atoms with van der Waals surface area (Å²) in [5.74, 6) is 0.175. The van der Waals surface area contributed by atoms with Gasteiger partial charge in [-0.25, -0.2) is 0 Å². The Morgan fingerprint density at radius 2 is 1.57 bits per heavy atom. The number of carbonyl (C=O) groups is 1. The zero-order valence-corrected chi connectivity index (χ0v) is 15.7. The summed E-state index contributed by atoms with van der Waals surface area (Å²) >= 11 is 0. The number of carbonyl (C=O) groups excluding carboxylic acids is 1. The van der Waals surface area contributed by atoms with Crippen LogP contribution in [0.5, 0.6) is 0 Å². The van der Waals surface area contributed by atoms with Gasteiger partial charge >= 0.3 is 0 Å². The summed E-state index contributed by atoms with van der Waals surface area (Å²) in [5.41, 5.74) is 0. The third-order valence-corrected chi connectivity index (χ3v) is 2.90. The Morgan fingerprint density at radius 1 is 1.00 bits per heavy atom. The summed E-state index contributed by atoms with van der Waals surface area (Å²) in [7, 11) is 4.02. The fraction of sp³-hybridized carbons (Fsp3) is 0.941. The average Bonchev–Trinajstić information content (AvgIpc) is 2.51. The van der Waals surface area contributed by atoms with Gasteiger partial charge in [0.15, 0.2) is 6.73 Å². The van der Waals surface area contributed by atoms with Gasteiger partial charge in [-0.15, -0.1) is 0 Å². The van der Waals surface area contributed by atoms with Crippen molar-refractivity contribution in [1.29, 1.82) is 0 Å². The van der Waals surface area contributed by atoms with E-state index in [2.05, 4.69) is 12.2 Å². The summed E-state index contributed by atoms with van der Waals surface area (Å²) < 4.78 is 0.642. The van der Waals surface area contributed by atoms with E-state index in [-0.39, 0.29) is 12.6 Å². The molecule has 1 amide bonds. The topological polar surface area (TPSA) is 49.3 Å². The smallest absolute Gasteiger partial charge is 0.219 e. The van der Waals surface area contributed by atoms with E-state index in [1.165, 1.54) is 0 Å². The van der Waals surface area contributed by atoms with Crippen molar-refractivity contribution >= 4 is 5.91 Å². The van der Waals surface area contributed by atoms with Crippen molar-refractivity contribution in [2.45, 2.75) is 73.1 Å². The second-order valence-electron chi connectivity index (χ2n) is 5.31. The molecule has 2 N–H and O–H groups in total. The minimum Gasteiger partial charge on any atom is -0.356 e. The molecule has 0 aliphatic carbocycles. The van der Waals surface area contributed by atoms with Gasteiger partial charge in [-0.3, -0.25) is 4.79 Å². The first-order valence-electron chi connectivity index (χ1n) is 8.71. The van der Waals surface area contributed by atoms with Crippen molar-refractivity contribution in [3.05, 3.63) is 0 Å². The van der Waals surface area contributed by atoms with E-state index < -0.39 is 0 Å². The molecule has 0 radical (unpaired) electrons. The third kappa shape index (κ3) is 21.8.